The summed E-state index contributed by atoms with van der Waals surface area (Å²) in [6.45, 7) is 1.82. The lowest BCUT2D eigenvalue weighted by atomic mass is 9.99. The van der Waals surface area contributed by atoms with Crippen molar-refractivity contribution in [3.63, 3.8) is 0 Å². The van der Waals surface area contributed by atoms with E-state index in [9.17, 15) is 19.4 Å². The Labute approximate surface area is 205 Å². The third-order valence-electron chi connectivity index (χ3n) is 5.86. The molecule has 2 N–H and O–H groups in total. The molecule has 0 bridgehead atoms. The predicted octanol–water partition coefficient (Wildman–Crippen LogP) is 5.90. The van der Waals surface area contributed by atoms with Crippen molar-refractivity contribution in [3.05, 3.63) is 102 Å². The zero-order valence-corrected chi connectivity index (χ0v) is 19.4. The molecular weight excluding hydrogens is 463 g/mol. The summed E-state index contributed by atoms with van der Waals surface area (Å²) >= 11 is 0. The monoisotopic (exact) mass is 484 g/mol. The molecule has 3 aromatic carbocycles. The first-order chi connectivity index (χ1) is 17.4. The maximum atomic E-state index is 13.7. The molecule has 8 heteroatoms. The number of methoxy groups -OCH3 is 1. The molecule has 0 amide bonds. The molecule has 0 unspecified atom stereocenters. The Hall–Kier alpha value is -4.85. The fraction of sp³-hybridized carbons (Fsp3) is 0.0714. The number of carbonyl (C=O) groups excluding carboxylic acids is 1. The molecule has 0 aliphatic carbocycles. The first-order valence-electron chi connectivity index (χ1n) is 11.0. The summed E-state index contributed by atoms with van der Waals surface area (Å²) in [5.74, 6) is -0.929. The van der Waals surface area contributed by atoms with Gasteiger partial charge in [-0.05, 0) is 85.3 Å². The Kier molecular flexibility index (Phi) is 5.77. The number of hydrogen-bond acceptors (Lipinski definition) is 6. The molecule has 0 aliphatic rings. The van der Waals surface area contributed by atoms with Crippen LogP contribution in [0.2, 0.25) is 0 Å². The molecule has 180 valence electrons. The van der Waals surface area contributed by atoms with Crippen molar-refractivity contribution in [1.29, 1.82) is 0 Å². The van der Waals surface area contributed by atoms with Crippen molar-refractivity contribution in [2.24, 2.45) is 0 Å². The molecular formula is C28H21FN2O5. The van der Waals surface area contributed by atoms with E-state index in [0.29, 0.717) is 22.8 Å². The molecule has 0 spiro atoms. The first-order valence-corrected chi connectivity index (χ1v) is 11.0. The van der Waals surface area contributed by atoms with Gasteiger partial charge in [-0.1, -0.05) is 5.16 Å². The molecule has 0 radical (unpaired) electrons. The van der Waals surface area contributed by atoms with Gasteiger partial charge < -0.3 is 19.5 Å². The minimum absolute atomic E-state index is 0.112. The molecule has 2 heterocycles. The highest BCUT2D eigenvalue weighted by molar-refractivity contribution is 6.15. The first kappa shape index (κ1) is 22.9. The Morgan fingerprint density at radius 3 is 2.17 bits per heavy atom. The number of hydrogen-bond donors (Lipinski definition) is 2. The molecule has 0 atom stereocenters. The van der Waals surface area contributed by atoms with Crippen LogP contribution in [0.15, 0.2) is 83.4 Å². The van der Waals surface area contributed by atoms with Gasteiger partial charge in [0.1, 0.15) is 11.6 Å². The van der Waals surface area contributed by atoms with Crippen LogP contribution in [0.1, 0.15) is 21.6 Å². The van der Waals surface area contributed by atoms with Crippen LogP contribution in [0.5, 0.6) is 17.4 Å². The second-order valence-corrected chi connectivity index (χ2v) is 8.18. The van der Waals surface area contributed by atoms with Crippen LogP contribution in [0.4, 0.5) is 4.39 Å². The van der Waals surface area contributed by atoms with Crippen LogP contribution in [0.25, 0.3) is 28.3 Å². The SMILES string of the molecule is COc1ccc(C(=O)c2c(O)c(O)n(-c3ccc(-c4cc(C)no4)cc3)c2-c2ccc(F)cc2)cc1. The quantitative estimate of drug-likeness (QED) is 0.291. The zero-order chi connectivity index (χ0) is 25.4. The standard InChI is InChI=1S/C28H21FN2O5/c1-16-15-23(36-30-16)17-5-11-21(12-6-17)31-25(18-3-9-20(29)10-4-18)24(27(33)28(31)34)26(32)19-7-13-22(35-2)14-8-19/h3-15,33-34H,1-2H3. The van der Waals surface area contributed by atoms with Gasteiger partial charge in [-0.2, -0.15) is 0 Å². The van der Waals surface area contributed by atoms with Crippen LogP contribution >= 0.6 is 0 Å². The molecule has 36 heavy (non-hydrogen) atoms. The van der Waals surface area contributed by atoms with E-state index >= 15 is 0 Å². The summed E-state index contributed by atoms with van der Waals surface area (Å²) in [5.41, 5.74) is 2.78. The van der Waals surface area contributed by atoms with Gasteiger partial charge in [0, 0.05) is 22.9 Å². The van der Waals surface area contributed by atoms with E-state index in [4.69, 9.17) is 9.26 Å². The molecule has 5 aromatic rings. The highest BCUT2D eigenvalue weighted by Crippen LogP contribution is 2.44. The van der Waals surface area contributed by atoms with E-state index in [2.05, 4.69) is 5.16 Å². The minimum atomic E-state index is -0.579. The summed E-state index contributed by atoms with van der Waals surface area (Å²) in [6, 6.07) is 20.6. The normalized spacial score (nSPS) is 11.0. The van der Waals surface area contributed by atoms with Gasteiger partial charge in [0.15, 0.2) is 17.3 Å². The van der Waals surface area contributed by atoms with Gasteiger partial charge in [0.2, 0.25) is 5.88 Å². The lowest BCUT2D eigenvalue weighted by molar-refractivity contribution is 0.103. The third-order valence-corrected chi connectivity index (χ3v) is 5.86. The lowest BCUT2D eigenvalue weighted by Gasteiger charge is -2.13. The van der Waals surface area contributed by atoms with Crippen LogP contribution in [-0.4, -0.2) is 32.8 Å². The van der Waals surface area contributed by atoms with Crippen molar-refractivity contribution < 1.29 is 28.7 Å². The number of rotatable bonds is 6. The van der Waals surface area contributed by atoms with Crippen LogP contribution < -0.4 is 4.74 Å². The van der Waals surface area contributed by atoms with Crippen molar-refractivity contribution in [3.8, 4) is 45.6 Å². The van der Waals surface area contributed by atoms with Crippen molar-refractivity contribution in [2.75, 3.05) is 7.11 Å². The average Bonchev–Trinajstić information content (AvgIpc) is 3.45. The fourth-order valence-electron chi connectivity index (χ4n) is 4.06. The van der Waals surface area contributed by atoms with Gasteiger partial charge in [0.05, 0.1) is 24.1 Å². The van der Waals surface area contributed by atoms with Crippen molar-refractivity contribution in [1.82, 2.24) is 9.72 Å². The number of halogens is 1. The van der Waals surface area contributed by atoms with Gasteiger partial charge in [-0.25, -0.2) is 4.39 Å². The maximum Gasteiger partial charge on any atom is 0.240 e. The topological polar surface area (TPSA) is 97.7 Å². The molecule has 0 saturated carbocycles. The van der Waals surface area contributed by atoms with Crippen molar-refractivity contribution in [2.45, 2.75) is 6.92 Å². The highest BCUT2D eigenvalue weighted by Gasteiger charge is 2.30. The van der Waals surface area contributed by atoms with E-state index in [1.165, 1.54) is 35.9 Å². The Morgan fingerprint density at radius 2 is 1.58 bits per heavy atom. The number of aromatic nitrogens is 2. The predicted molar refractivity (Wildman–Crippen MR) is 131 cm³/mol. The van der Waals surface area contributed by atoms with Gasteiger partial charge >= 0.3 is 0 Å². The number of benzene rings is 3. The van der Waals surface area contributed by atoms with Gasteiger partial charge in [-0.15, -0.1) is 0 Å². The summed E-state index contributed by atoms with van der Waals surface area (Å²) in [5, 5.41) is 25.8. The number of aryl methyl sites for hydroxylation is 1. The minimum Gasteiger partial charge on any atom is -0.503 e. The fourth-order valence-corrected chi connectivity index (χ4v) is 4.06. The number of aromatic hydroxyl groups is 2. The van der Waals surface area contributed by atoms with Crippen LogP contribution in [0.3, 0.4) is 0 Å². The molecule has 7 nitrogen and oxygen atoms in total. The number of ketones is 1. The largest absolute Gasteiger partial charge is 0.503 e. The maximum absolute atomic E-state index is 13.7. The average molecular weight is 484 g/mol. The summed E-state index contributed by atoms with van der Waals surface area (Å²) in [6.07, 6.45) is 0. The van der Waals surface area contributed by atoms with Crippen molar-refractivity contribution >= 4 is 5.78 Å². The summed E-state index contributed by atoms with van der Waals surface area (Å²) in [4.78, 5) is 13.5. The molecule has 0 fully saturated rings. The number of nitrogens with zero attached hydrogens (tertiary/aromatic N) is 2. The Morgan fingerprint density at radius 1 is 0.944 bits per heavy atom. The molecule has 5 rings (SSSR count). The number of ether oxygens (including phenoxy) is 1. The van der Waals surface area contributed by atoms with Crippen LogP contribution in [0, 0.1) is 12.7 Å². The molecule has 0 saturated heterocycles. The molecule has 0 aliphatic heterocycles. The second kappa shape index (κ2) is 9.07. The van der Waals surface area contributed by atoms with Gasteiger partial charge in [0.25, 0.3) is 0 Å². The smallest absolute Gasteiger partial charge is 0.240 e. The molecule has 2 aromatic heterocycles. The summed E-state index contributed by atoms with van der Waals surface area (Å²) in [7, 11) is 1.52. The lowest BCUT2D eigenvalue weighted by Crippen LogP contribution is -2.05. The van der Waals surface area contributed by atoms with Crippen LogP contribution in [-0.2, 0) is 0 Å². The van der Waals surface area contributed by atoms with E-state index in [-0.39, 0.29) is 16.8 Å². The van der Waals surface area contributed by atoms with E-state index in [1.807, 2.05) is 6.92 Å². The zero-order valence-electron chi connectivity index (χ0n) is 19.4. The van der Waals surface area contributed by atoms with E-state index < -0.39 is 23.2 Å². The second-order valence-electron chi connectivity index (χ2n) is 8.18. The Balaban J connectivity index is 1.68. The summed E-state index contributed by atoms with van der Waals surface area (Å²) < 4.78 is 25.5. The van der Waals surface area contributed by atoms with Gasteiger partial charge in [-0.3, -0.25) is 9.36 Å². The van der Waals surface area contributed by atoms with E-state index in [0.717, 1.165) is 11.3 Å². The number of carbonyl (C=O) groups is 1. The van der Waals surface area contributed by atoms with E-state index in [1.54, 1.807) is 54.6 Å². The third kappa shape index (κ3) is 3.98. The highest BCUT2D eigenvalue weighted by atomic mass is 19.1. The Bertz CT molecular complexity index is 1550.